The minimum absolute atomic E-state index is 0.00579. The zero-order valence-corrected chi connectivity index (χ0v) is 10.6. The van der Waals surface area contributed by atoms with Gasteiger partial charge in [0.05, 0.1) is 7.11 Å². The SMILES string of the molecule is COc1c(O)ccc(C)c1C1(CN)CCCC1. The first-order valence-corrected chi connectivity index (χ1v) is 6.22. The Balaban J connectivity index is 2.60. The summed E-state index contributed by atoms with van der Waals surface area (Å²) in [5.74, 6) is 0.824. The molecular weight excluding hydrogens is 214 g/mol. The number of aryl methyl sites for hydroxylation is 1. The molecule has 94 valence electrons. The van der Waals surface area contributed by atoms with E-state index in [1.165, 1.54) is 12.8 Å². The summed E-state index contributed by atoms with van der Waals surface area (Å²) in [6.07, 6.45) is 4.58. The predicted octanol–water partition coefficient (Wildman–Crippen LogP) is 2.48. The van der Waals surface area contributed by atoms with Crippen LogP contribution in [-0.4, -0.2) is 18.8 Å². The molecule has 0 heterocycles. The highest BCUT2D eigenvalue weighted by atomic mass is 16.5. The molecule has 3 nitrogen and oxygen atoms in total. The first-order valence-electron chi connectivity index (χ1n) is 6.22. The van der Waals surface area contributed by atoms with Gasteiger partial charge in [-0.25, -0.2) is 0 Å². The van der Waals surface area contributed by atoms with Gasteiger partial charge in [-0.2, -0.15) is 0 Å². The molecule has 1 aromatic carbocycles. The van der Waals surface area contributed by atoms with Crippen molar-refractivity contribution in [3.63, 3.8) is 0 Å². The molecule has 1 aromatic rings. The van der Waals surface area contributed by atoms with Crippen LogP contribution >= 0.6 is 0 Å². The van der Waals surface area contributed by atoms with E-state index in [4.69, 9.17) is 10.5 Å². The van der Waals surface area contributed by atoms with Crippen LogP contribution in [0.4, 0.5) is 0 Å². The second-order valence-electron chi connectivity index (χ2n) is 5.00. The number of nitrogens with two attached hydrogens (primary N) is 1. The van der Waals surface area contributed by atoms with E-state index in [2.05, 4.69) is 6.92 Å². The Morgan fingerprint density at radius 3 is 2.53 bits per heavy atom. The van der Waals surface area contributed by atoms with Crippen molar-refractivity contribution in [1.29, 1.82) is 0 Å². The molecule has 0 spiro atoms. The lowest BCUT2D eigenvalue weighted by Crippen LogP contribution is -2.33. The van der Waals surface area contributed by atoms with Crippen LogP contribution in [0, 0.1) is 6.92 Å². The van der Waals surface area contributed by atoms with Crippen LogP contribution in [-0.2, 0) is 5.41 Å². The first kappa shape index (κ1) is 12.2. The molecule has 0 aliphatic heterocycles. The summed E-state index contributed by atoms with van der Waals surface area (Å²) in [6.45, 7) is 2.68. The first-order chi connectivity index (χ1) is 8.14. The van der Waals surface area contributed by atoms with Gasteiger partial charge in [-0.15, -0.1) is 0 Å². The zero-order chi connectivity index (χ0) is 12.5. The maximum Gasteiger partial charge on any atom is 0.164 e. The van der Waals surface area contributed by atoms with Gasteiger partial charge in [0, 0.05) is 17.5 Å². The minimum Gasteiger partial charge on any atom is -0.504 e. The maximum absolute atomic E-state index is 9.92. The standard InChI is InChI=1S/C14H21NO2/c1-10-5-6-11(16)13(17-2)12(10)14(9-15)7-3-4-8-14/h5-6,16H,3-4,7-9,15H2,1-2H3. The summed E-state index contributed by atoms with van der Waals surface area (Å²) >= 11 is 0. The van der Waals surface area contributed by atoms with E-state index in [9.17, 15) is 5.11 Å². The van der Waals surface area contributed by atoms with Crippen molar-refractivity contribution in [3.05, 3.63) is 23.3 Å². The third-order valence-electron chi connectivity index (χ3n) is 4.03. The number of phenols is 1. The smallest absolute Gasteiger partial charge is 0.164 e. The average molecular weight is 235 g/mol. The monoisotopic (exact) mass is 235 g/mol. The normalized spacial score (nSPS) is 18.3. The summed E-state index contributed by atoms with van der Waals surface area (Å²) in [4.78, 5) is 0. The van der Waals surface area contributed by atoms with Crippen molar-refractivity contribution in [2.24, 2.45) is 5.73 Å². The maximum atomic E-state index is 9.92. The topological polar surface area (TPSA) is 55.5 Å². The molecule has 0 saturated heterocycles. The lowest BCUT2D eigenvalue weighted by molar-refractivity contribution is 0.347. The van der Waals surface area contributed by atoms with Gasteiger partial charge in [-0.1, -0.05) is 18.9 Å². The van der Waals surface area contributed by atoms with Gasteiger partial charge in [0.2, 0.25) is 0 Å². The fourth-order valence-electron chi connectivity index (χ4n) is 3.14. The highest BCUT2D eigenvalue weighted by Gasteiger charge is 2.38. The second kappa shape index (κ2) is 4.57. The van der Waals surface area contributed by atoms with Crippen molar-refractivity contribution >= 4 is 0 Å². The number of methoxy groups -OCH3 is 1. The summed E-state index contributed by atoms with van der Waals surface area (Å²) in [5, 5.41) is 9.92. The van der Waals surface area contributed by atoms with Crippen LogP contribution in [0.5, 0.6) is 11.5 Å². The Bertz CT molecular complexity index is 409. The molecule has 1 fully saturated rings. The molecular formula is C14H21NO2. The van der Waals surface area contributed by atoms with Crippen LogP contribution in [0.25, 0.3) is 0 Å². The van der Waals surface area contributed by atoms with Crippen molar-refractivity contribution in [2.45, 2.75) is 38.0 Å². The van der Waals surface area contributed by atoms with Crippen LogP contribution in [0.1, 0.15) is 36.8 Å². The van der Waals surface area contributed by atoms with Crippen molar-refractivity contribution in [1.82, 2.24) is 0 Å². The predicted molar refractivity (Wildman–Crippen MR) is 68.6 cm³/mol. The summed E-state index contributed by atoms with van der Waals surface area (Å²) in [7, 11) is 1.61. The molecule has 0 aromatic heterocycles. The van der Waals surface area contributed by atoms with E-state index in [0.717, 1.165) is 24.0 Å². The van der Waals surface area contributed by atoms with E-state index < -0.39 is 0 Å². The fourth-order valence-corrected chi connectivity index (χ4v) is 3.14. The fraction of sp³-hybridized carbons (Fsp3) is 0.571. The largest absolute Gasteiger partial charge is 0.504 e. The summed E-state index contributed by atoms with van der Waals surface area (Å²) in [6, 6.07) is 3.64. The molecule has 1 aliphatic carbocycles. The number of benzene rings is 1. The van der Waals surface area contributed by atoms with Crippen molar-refractivity contribution in [2.75, 3.05) is 13.7 Å². The molecule has 2 rings (SSSR count). The summed E-state index contributed by atoms with van der Waals surface area (Å²) < 4.78 is 5.39. The van der Waals surface area contributed by atoms with Gasteiger partial charge in [0.15, 0.2) is 11.5 Å². The number of hydrogen-bond acceptors (Lipinski definition) is 3. The molecule has 0 unspecified atom stereocenters. The number of rotatable bonds is 3. The average Bonchev–Trinajstić information content (AvgIpc) is 2.81. The van der Waals surface area contributed by atoms with Gasteiger partial charge in [-0.3, -0.25) is 0 Å². The molecule has 17 heavy (non-hydrogen) atoms. The Hall–Kier alpha value is -1.22. The number of hydrogen-bond donors (Lipinski definition) is 2. The molecule has 1 aliphatic rings. The van der Waals surface area contributed by atoms with E-state index in [1.807, 2.05) is 6.07 Å². The van der Waals surface area contributed by atoms with Gasteiger partial charge in [0.1, 0.15) is 0 Å². The van der Waals surface area contributed by atoms with Gasteiger partial charge in [0.25, 0.3) is 0 Å². The Morgan fingerprint density at radius 2 is 2.00 bits per heavy atom. The Kier molecular flexibility index (Phi) is 3.29. The van der Waals surface area contributed by atoms with Crippen LogP contribution in [0.2, 0.25) is 0 Å². The van der Waals surface area contributed by atoms with E-state index in [0.29, 0.717) is 12.3 Å². The van der Waals surface area contributed by atoms with Gasteiger partial charge in [-0.05, 0) is 31.4 Å². The minimum atomic E-state index is -0.00579. The van der Waals surface area contributed by atoms with E-state index in [-0.39, 0.29) is 11.2 Å². The molecule has 0 bridgehead atoms. The highest BCUT2D eigenvalue weighted by molar-refractivity contribution is 5.54. The van der Waals surface area contributed by atoms with E-state index in [1.54, 1.807) is 13.2 Å². The number of aromatic hydroxyl groups is 1. The third kappa shape index (κ3) is 1.89. The molecule has 3 N–H and O–H groups in total. The zero-order valence-electron chi connectivity index (χ0n) is 10.6. The highest BCUT2D eigenvalue weighted by Crippen LogP contribution is 2.48. The third-order valence-corrected chi connectivity index (χ3v) is 4.03. The number of phenolic OH excluding ortho intramolecular Hbond substituents is 1. The molecule has 0 amide bonds. The van der Waals surface area contributed by atoms with E-state index >= 15 is 0 Å². The van der Waals surface area contributed by atoms with Gasteiger partial charge < -0.3 is 15.6 Å². The molecule has 0 radical (unpaired) electrons. The Morgan fingerprint density at radius 1 is 1.35 bits per heavy atom. The van der Waals surface area contributed by atoms with Crippen LogP contribution in [0.15, 0.2) is 12.1 Å². The van der Waals surface area contributed by atoms with Crippen LogP contribution < -0.4 is 10.5 Å². The van der Waals surface area contributed by atoms with Gasteiger partial charge >= 0.3 is 0 Å². The molecule has 0 atom stereocenters. The van der Waals surface area contributed by atoms with Crippen molar-refractivity contribution < 1.29 is 9.84 Å². The summed E-state index contributed by atoms with van der Waals surface area (Å²) in [5.41, 5.74) is 8.27. The molecule has 3 heteroatoms. The van der Waals surface area contributed by atoms with Crippen LogP contribution in [0.3, 0.4) is 0 Å². The second-order valence-corrected chi connectivity index (χ2v) is 5.00. The molecule has 1 saturated carbocycles. The lowest BCUT2D eigenvalue weighted by atomic mass is 9.76. The number of ether oxygens (including phenoxy) is 1. The quantitative estimate of drug-likeness (QED) is 0.846. The Labute approximate surface area is 103 Å². The van der Waals surface area contributed by atoms with Crippen molar-refractivity contribution in [3.8, 4) is 11.5 Å². The lowest BCUT2D eigenvalue weighted by Gasteiger charge is -2.31.